The van der Waals surface area contributed by atoms with E-state index < -0.39 is 0 Å². The van der Waals surface area contributed by atoms with Crippen LogP contribution in [0.15, 0.2) is 0 Å². The molecule has 1 heterocycles. The van der Waals surface area contributed by atoms with Crippen molar-refractivity contribution < 1.29 is 4.74 Å². The Morgan fingerprint density at radius 1 is 0.889 bits per heavy atom. The van der Waals surface area contributed by atoms with Gasteiger partial charge in [0.2, 0.25) is 0 Å². The van der Waals surface area contributed by atoms with E-state index in [2.05, 4.69) is 41.5 Å². The normalized spacial score (nSPS) is 46.6. The smallest absolute Gasteiger partial charge is 0.0609 e. The molecule has 3 aliphatic rings. The average molecular weight is 377 g/mol. The van der Waals surface area contributed by atoms with Crippen LogP contribution in [0.5, 0.6) is 0 Å². The Balaban J connectivity index is 1.66. The van der Waals surface area contributed by atoms with Crippen molar-refractivity contribution in [2.75, 3.05) is 0 Å². The SMILES string of the molecule is CCC1CCC(C2CCC(C)CC2CC2OC(C(C)C)CC(C)C2C)CC1. The van der Waals surface area contributed by atoms with Crippen LogP contribution in [0.1, 0.15) is 106 Å². The largest absolute Gasteiger partial charge is 0.374 e. The van der Waals surface area contributed by atoms with Gasteiger partial charge in [-0.2, -0.15) is 0 Å². The van der Waals surface area contributed by atoms with Crippen molar-refractivity contribution in [3.63, 3.8) is 0 Å². The van der Waals surface area contributed by atoms with Gasteiger partial charge < -0.3 is 4.74 Å². The molecule has 0 amide bonds. The fraction of sp³-hybridized carbons (Fsp3) is 1.00. The molecule has 7 atom stereocenters. The first kappa shape index (κ1) is 21.7. The summed E-state index contributed by atoms with van der Waals surface area (Å²) in [5.41, 5.74) is 0. The van der Waals surface area contributed by atoms with Crippen LogP contribution in [-0.2, 0) is 4.74 Å². The Labute approximate surface area is 170 Å². The first-order valence-corrected chi connectivity index (χ1v) is 12.5. The van der Waals surface area contributed by atoms with Gasteiger partial charge in [0, 0.05) is 0 Å². The molecule has 158 valence electrons. The van der Waals surface area contributed by atoms with Crippen molar-refractivity contribution in [1.82, 2.24) is 0 Å². The van der Waals surface area contributed by atoms with E-state index in [1.54, 1.807) is 0 Å². The second-order valence-corrected chi connectivity index (χ2v) is 11.3. The van der Waals surface area contributed by atoms with Crippen LogP contribution in [0.4, 0.5) is 0 Å². The van der Waals surface area contributed by atoms with Crippen LogP contribution < -0.4 is 0 Å². The maximum atomic E-state index is 6.74. The highest BCUT2D eigenvalue weighted by atomic mass is 16.5. The lowest BCUT2D eigenvalue weighted by Gasteiger charge is -2.47. The quantitative estimate of drug-likeness (QED) is 0.477. The molecule has 0 radical (unpaired) electrons. The molecule has 0 spiro atoms. The summed E-state index contributed by atoms with van der Waals surface area (Å²) in [5.74, 6) is 7.08. The Bertz CT molecular complexity index is 435. The van der Waals surface area contributed by atoms with Crippen LogP contribution in [0, 0.1) is 47.3 Å². The van der Waals surface area contributed by atoms with Gasteiger partial charge in [0.1, 0.15) is 0 Å². The monoisotopic (exact) mass is 376 g/mol. The maximum Gasteiger partial charge on any atom is 0.0609 e. The molecule has 0 N–H and O–H groups in total. The standard InChI is InChI=1S/C26H48O/c1-7-21-9-11-22(12-10-21)24-13-8-18(4)14-23(24)16-26-20(6)19(5)15-25(27-26)17(2)3/h17-26H,7-16H2,1-6H3. The van der Waals surface area contributed by atoms with E-state index in [-0.39, 0.29) is 0 Å². The molecule has 2 saturated carbocycles. The van der Waals surface area contributed by atoms with Gasteiger partial charge in [0.05, 0.1) is 12.2 Å². The zero-order valence-electron chi connectivity index (χ0n) is 19.3. The van der Waals surface area contributed by atoms with Crippen LogP contribution in [-0.4, -0.2) is 12.2 Å². The summed E-state index contributed by atoms with van der Waals surface area (Å²) in [4.78, 5) is 0. The molecule has 2 aliphatic carbocycles. The third kappa shape index (κ3) is 5.31. The Morgan fingerprint density at radius 3 is 2.22 bits per heavy atom. The number of ether oxygens (including phenoxy) is 1. The lowest BCUT2D eigenvalue weighted by Crippen LogP contribution is -2.43. The summed E-state index contributed by atoms with van der Waals surface area (Å²) < 4.78 is 6.74. The molecule has 0 bridgehead atoms. The van der Waals surface area contributed by atoms with E-state index >= 15 is 0 Å². The number of hydrogen-bond acceptors (Lipinski definition) is 1. The minimum absolute atomic E-state index is 0.487. The zero-order valence-corrected chi connectivity index (χ0v) is 19.3. The summed E-state index contributed by atoms with van der Waals surface area (Å²) in [6, 6.07) is 0. The molecule has 0 aromatic rings. The van der Waals surface area contributed by atoms with Crippen molar-refractivity contribution in [1.29, 1.82) is 0 Å². The van der Waals surface area contributed by atoms with Gasteiger partial charge in [-0.25, -0.2) is 0 Å². The minimum Gasteiger partial charge on any atom is -0.374 e. The predicted octanol–water partition coefficient (Wildman–Crippen LogP) is 7.73. The molecule has 1 saturated heterocycles. The molecular formula is C26H48O. The van der Waals surface area contributed by atoms with Crippen molar-refractivity contribution in [3.05, 3.63) is 0 Å². The van der Waals surface area contributed by atoms with E-state index in [4.69, 9.17) is 4.74 Å². The maximum absolute atomic E-state index is 6.74. The summed E-state index contributed by atoms with van der Waals surface area (Å²) in [6.07, 6.45) is 15.5. The summed E-state index contributed by atoms with van der Waals surface area (Å²) in [5, 5.41) is 0. The summed E-state index contributed by atoms with van der Waals surface area (Å²) in [6.45, 7) is 14.5. The van der Waals surface area contributed by atoms with Gasteiger partial charge in [-0.1, -0.05) is 67.2 Å². The Hall–Kier alpha value is -0.0400. The molecular weight excluding hydrogens is 328 g/mol. The van der Waals surface area contributed by atoms with Gasteiger partial charge in [-0.3, -0.25) is 0 Å². The van der Waals surface area contributed by atoms with Gasteiger partial charge in [-0.15, -0.1) is 0 Å². The Morgan fingerprint density at radius 2 is 1.59 bits per heavy atom. The first-order valence-electron chi connectivity index (χ1n) is 12.5. The molecule has 27 heavy (non-hydrogen) atoms. The highest BCUT2D eigenvalue weighted by Crippen LogP contribution is 2.48. The molecule has 3 rings (SSSR count). The molecule has 1 nitrogen and oxygen atoms in total. The third-order valence-electron chi connectivity index (χ3n) is 9.09. The van der Waals surface area contributed by atoms with Gasteiger partial charge >= 0.3 is 0 Å². The van der Waals surface area contributed by atoms with Crippen molar-refractivity contribution in [2.45, 2.75) is 118 Å². The number of rotatable bonds is 5. The van der Waals surface area contributed by atoms with Crippen LogP contribution in [0.2, 0.25) is 0 Å². The lowest BCUT2D eigenvalue weighted by atomic mass is 9.62. The minimum atomic E-state index is 0.487. The molecule has 7 unspecified atom stereocenters. The fourth-order valence-corrected chi connectivity index (χ4v) is 6.79. The summed E-state index contributed by atoms with van der Waals surface area (Å²) >= 11 is 0. The van der Waals surface area contributed by atoms with E-state index in [9.17, 15) is 0 Å². The van der Waals surface area contributed by atoms with Crippen molar-refractivity contribution in [3.8, 4) is 0 Å². The van der Waals surface area contributed by atoms with Crippen molar-refractivity contribution in [2.24, 2.45) is 47.3 Å². The zero-order chi connectivity index (χ0) is 19.6. The number of hydrogen-bond donors (Lipinski definition) is 0. The van der Waals surface area contributed by atoms with Gasteiger partial charge in [0.25, 0.3) is 0 Å². The first-order chi connectivity index (χ1) is 12.9. The highest BCUT2D eigenvalue weighted by Gasteiger charge is 2.41. The van der Waals surface area contributed by atoms with E-state index in [0.29, 0.717) is 18.1 Å². The van der Waals surface area contributed by atoms with E-state index in [1.807, 2.05) is 0 Å². The molecule has 0 aromatic heterocycles. The Kier molecular flexibility index (Phi) is 7.73. The van der Waals surface area contributed by atoms with Crippen LogP contribution in [0.3, 0.4) is 0 Å². The summed E-state index contributed by atoms with van der Waals surface area (Å²) in [7, 11) is 0. The predicted molar refractivity (Wildman–Crippen MR) is 117 cm³/mol. The average Bonchev–Trinajstić information content (AvgIpc) is 2.65. The van der Waals surface area contributed by atoms with Gasteiger partial charge in [0.15, 0.2) is 0 Å². The molecule has 1 heteroatoms. The van der Waals surface area contributed by atoms with E-state index in [1.165, 1.54) is 64.2 Å². The fourth-order valence-electron chi connectivity index (χ4n) is 6.79. The molecule has 1 aliphatic heterocycles. The van der Waals surface area contributed by atoms with E-state index in [0.717, 1.165) is 41.4 Å². The van der Waals surface area contributed by atoms with Gasteiger partial charge in [-0.05, 0) is 85.9 Å². The third-order valence-corrected chi connectivity index (χ3v) is 9.09. The van der Waals surface area contributed by atoms with Crippen molar-refractivity contribution >= 4 is 0 Å². The second-order valence-electron chi connectivity index (χ2n) is 11.3. The lowest BCUT2D eigenvalue weighted by molar-refractivity contribution is -0.131. The molecule has 3 fully saturated rings. The topological polar surface area (TPSA) is 9.23 Å². The highest BCUT2D eigenvalue weighted by molar-refractivity contribution is 4.90. The molecule has 0 aromatic carbocycles. The second kappa shape index (κ2) is 9.64. The van der Waals surface area contributed by atoms with Crippen LogP contribution in [0.25, 0.3) is 0 Å². The van der Waals surface area contributed by atoms with Crippen LogP contribution >= 0.6 is 0 Å².